The molecule has 0 radical (unpaired) electrons. The van der Waals surface area contributed by atoms with Gasteiger partial charge in [0.15, 0.2) is 5.16 Å². The van der Waals surface area contributed by atoms with Gasteiger partial charge >= 0.3 is 0 Å². The first-order valence-electron chi connectivity index (χ1n) is 9.76. The standard InChI is InChI=1S/C22H24N4O2S/c1-15-6-3-4-9-20(15)28-12-13-29-22-25-24-21(17-10-11-17)26(22)19-8-5-7-18(14-19)23-16(2)27/h3-9,14,17H,10-13H2,1-2H3,(H,23,27). The number of amides is 1. The van der Waals surface area contributed by atoms with Crippen molar-refractivity contribution in [3.05, 3.63) is 59.9 Å². The highest BCUT2D eigenvalue weighted by atomic mass is 32.2. The summed E-state index contributed by atoms with van der Waals surface area (Å²) < 4.78 is 8.02. The van der Waals surface area contributed by atoms with Crippen LogP contribution in [0, 0.1) is 6.92 Å². The summed E-state index contributed by atoms with van der Waals surface area (Å²) in [5.41, 5.74) is 2.86. The van der Waals surface area contributed by atoms with Gasteiger partial charge in [0.2, 0.25) is 5.91 Å². The first kappa shape index (κ1) is 19.5. The average molecular weight is 409 g/mol. The molecule has 7 heteroatoms. The lowest BCUT2D eigenvalue weighted by atomic mass is 10.2. The van der Waals surface area contributed by atoms with Gasteiger partial charge in [0.1, 0.15) is 11.6 Å². The molecule has 1 amide bonds. The highest BCUT2D eigenvalue weighted by Crippen LogP contribution is 2.41. The Morgan fingerprint density at radius 2 is 2.03 bits per heavy atom. The number of anilines is 1. The van der Waals surface area contributed by atoms with Gasteiger partial charge in [-0.2, -0.15) is 0 Å². The Kier molecular flexibility index (Phi) is 5.85. The minimum atomic E-state index is -0.0868. The third-order valence-corrected chi connectivity index (χ3v) is 5.58. The summed E-state index contributed by atoms with van der Waals surface area (Å²) in [6, 6.07) is 15.8. The van der Waals surface area contributed by atoms with Crippen LogP contribution < -0.4 is 10.1 Å². The monoisotopic (exact) mass is 408 g/mol. The fraction of sp³-hybridized carbons (Fsp3) is 0.318. The molecular formula is C22H24N4O2S. The fourth-order valence-electron chi connectivity index (χ4n) is 3.15. The molecule has 6 nitrogen and oxygen atoms in total. The van der Waals surface area contributed by atoms with Crippen LogP contribution in [0.15, 0.2) is 53.7 Å². The van der Waals surface area contributed by atoms with Gasteiger partial charge in [-0.15, -0.1) is 10.2 Å². The quantitative estimate of drug-likeness (QED) is 0.436. The molecule has 1 heterocycles. The summed E-state index contributed by atoms with van der Waals surface area (Å²) in [7, 11) is 0. The summed E-state index contributed by atoms with van der Waals surface area (Å²) in [6.07, 6.45) is 2.29. The van der Waals surface area contributed by atoms with Crippen molar-refractivity contribution in [3.63, 3.8) is 0 Å². The summed E-state index contributed by atoms with van der Waals surface area (Å²) in [6.45, 7) is 4.15. The second-order valence-electron chi connectivity index (χ2n) is 7.14. The lowest BCUT2D eigenvalue weighted by Crippen LogP contribution is -2.08. The van der Waals surface area contributed by atoms with Crippen molar-refractivity contribution < 1.29 is 9.53 Å². The van der Waals surface area contributed by atoms with Gasteiger partial charge in [0.05, 0.1) is 12.3 Å². The van der Waals surface area contributed by atoms with Crippen molar-refractivity contribution in [3.8, 4) is 11.4 Å². The highest BCUT2D eigenvalue weighted by Gasteiger charge is 2.31. The topological polar surface area (TPSA) is 69.0 Å². The Bertz CT molecular complexity index is 1010. The van der Waals surface area contributed by atoms with E-state index in [1.165, 1.54) is 6.92 Å². The van der Waals surface area contributed by atoms with E-state index in [1.807, 2.05) is 55.5 Å². The van der Waals surface area contributed by atoms with Crippen LogP contribution in [-0.2, 0) is 4.79 Å². The second-order valence-corrected chi connectivity index (χ2v) is 8.21. The maximum atomic E-state index is 11.4. The molecule has 1 aromatic heterocycles. The minimum Gasteiger partial charge on any atom is -0.492 e. The molecule has 0 saturated heterocycles. The van der Waals surface area contributed by atoms with Gasteiger partial charge in [-0.05, 0) is 49.6 Å². The third-order valence-electron chi connectivity index (χ3n) is 4.69. The predicted octanol–water partition coefficient (Wildman–Crippen LogP) is 4.58. The van der Waals surface area contributed by atoms with E-state index in [1.54, 1.807) is 11.8 Å². The number of rotatable bonds is 8. The van der Waals surface area contributed by atoms with Crippen molar-refractivity contribution in [1.82, 2.24) is 14.8 Å². The van der Waals surface area contributed by atoms with Crippen LogP contribution in [0.2, 0.25) is 0 Å². The Labute approximate surface area is 174 Å². The van der Waals surface area contributed by atoms with E-state index in [2.05, 4.69) is 20.1 Å². The number of benzene rings is 2. The van der Waals surface area contributed by atoms with E-state index in [9.17, 15) is 4.79 Å². The van der Waals surface area contributed by atoms with Gasteiger partial charge in [0, 0.05) is 24.3 Å². The normalized spacial score (nSPS) is 13.3. The van der Waals surface area contributed by atoms with Crippen LogP contribution in [0.5, 0.6) is 5.75 Å². The molecule has 2 aromatic carbocycles. The van der Waals surface area contributed by atoms with Gasteiger partial charge < -0.3 is 10.1 Å². The van der Waals surface area contributed by atoms with Crippen LogP contribution >= 0.6 is 11.8 Å². The van der Waals surface area contributed by atoms with E-state index in [4.69, 9.17) is 4.74 Å². The van der Waals surface area contributed by atoms with Crippen LogP contribution in [0.25, 0.3) is 5.69 Å². The minimum absolute atomic E-state index is 0.0868. The van der Waals surface area contributed by atoms with E-state index in [0.29, 0.717) is 12.5 Å². The Hall–Kier alpha value is -2.80. The molecule has 0 aliphatic heterocycles. The average Bonchev–Trinajstić information content (AvgIpc) is 3.46. The molecule has 150 valence electrons. The molecular weight excluding hydrogens is 384 g/mol. The summed E-state index contributed by atoms with van der Waals surface area (Å²) in [5, 5.41) is 12.6. The molecule has 1 saturated carbocycles. The SMILES string of the molecule is CC(=O)Nc1cccc(-n2c(SCCOc3ccccc3C)nnc2C2CC2)c1. The molecule has 0 spiro atoms. The van der Waals surface area contributed by atoms with Gasteiger partial charge in [-0.3, -0.25) is 9.36 Å². The largest absolute Gasteiger partial charge is 0.492 e. The van der Waals surface area contributed by atoms with Crippen molar-refractivity contribution in [2.24, 2.45) is 0 Å². The third kappa shape index (κ3) is 4.79. The maximum Gasteiger partial charge on any atom is 0.221 e. The van der Waals surface area contributed by atoms with Crippen molar-refractivity contribution in [2.45, 2.75) is 37.8 Å². The second kappa shape index (κ2) is 8.69. The lowest BCUT2D eigenvalue weighted by Gasteiger charge is -2.12. The molecule has 0 bridgehead atoms. The van der Waals surface area contributed by atoms with E-state index >= 15 is 0 Å². The van der Waals surface area contributed by atoms with Crippen molar-refractivity contribution in [2.75, 3.05) is 17.7 Å². The van der Waals surface area contributed by atoms with Crippen LogP contribution in [0.1, 0.15) is 37.1 Å². The van der Waals surface area contributed by atoms with E-state index in [0.717, 1.165) is 52.3 Å². The number of hydrogen-bond donors (Lipinski definition) is 1. The fourth-order valence-corrected chi connectivity index (χ4v) is 3.93. The van der Waals surface area contributed by atoms with Crippen LogP contribution in [0.4, 0.5) is 5.69 Å². The number of para-hydroxylation sites is 1. The molecule has 1 aliphatic rings. The molecule has 29 heavy (non-hydrogen) atoms. The number of nitrogens with one attached hydrogen (secondary N) is 1. The number of hydrogen-bond acceptors (Lipinski definition) is 5. The lowest BCUT2D eigenvalue weighted by molar-refractivity contribution is -0.114. The molecule has 0 unspecified atom stereocenters. The first-order chi connectivity index (χ1) is 14.1. The number of aryl methyl sites for hydroxylation is 1. The van der Waals surface area contributed by atoms with E-state index < -0.39 is 0 Å². The number of ether oxygens (including phenoxy) is 1. The highest BCUT2D eigenvalue weighted by molar-refractivity contribution is 7.99. The van der Waals surface area contributed by atoms with Gasteiger partial charge in [-0.25, -0.2) is 0 Å². The molecule has 3 aromatic rings. The number of aromatic nitrogens is 3. The molecule has 1 fully saturated rings. The van der Waals surface area contributed by atoms with Crippen molar-refractivity contribution in [1.29, 1.82) is 0 Å². The Balaban J connectivity index is 1.50. The summed E-state index contributed by atoms with van der Waals surface area (Å²) in [4.78, 5) is 11.4. The zero-order valence-corrected chi connectivity index (χ0v) is 17.4. The summed E-state index contributed by atoms with van der Waals surface area (Å²) >= 11 is 1.63. The van der Waals surface area contributed by atoms with Crippen molar-refractivity contribution >= 4 is 23.4 Å². The number of carbonyl (C=O) groups is 1. The maximum absolute atomic E-state index is 11.4. The molecule has 0 atom stereocenters. The number of carbonyl (C=O) groups excluding carboxylic acids is 1. The van der Waals surface area contributed by atoms with Gasteiger partial charge in [-0.1, -0.05) is 36.0 Å². The number of nitrogens with zero attached hydrogens (tertiary/aromatic N) is 3. The molecule has 1 aliphatic carbocycles. The predicted molar refractivity (Wildman–Crippen MR) is 115 cm³/mol. The Morgan fingerprint density at radius 3 is 2.79 bits per heavy atom. The summed E-state index contributed by atoms with van der Waals surface area (Å²) in [5.74, 6) is 3.05. The van der Waals surface area contributed by atoms with Crippen LogP contribution in [-0.4, -0.2) is 33.0 Å². The smallest absolute Gasteiger partial charge is 0.221 e. The van der Waals surface area contributed by atoms with E-state index in [-0.39, 0.29) is 5.91 Å². The number of thioether (sulfide) groups is 1. The molecule has 1 N–H and O–H groups in total. The Morgan fingerprint density at radius 1 is 1.21 bits per heavy atom. The zero-order chi connectivity index (χ0) is 20.2. The zero-order valence-electron chi connectivity index (χ0n) is 16.6. The molecule has 4 rings (SSSR count). The van der Waals surface area contributed by atoms with Crippen LogP contribution in [0.3, 0.4) is 0 Å². The van der Waals surface area contributed by atoms with Gasteiger partial charge in [0.25, 0.3) is 0 Å². The first-order valence-corrected chi connectivity index (χ1v) is 10.7.